The number of hydrogen-bond acceptors (Lipinski definition) is 2. The second-order valence-corrected chi connectivity index (χ2v) is 4.22. The Bertz CT molecular complexity index is 335. The first-order valence-corrected chi connectivity index (χ1v) is 5.83. The molecule has 1 aromatic rings. The van der Waals surface area contributed by atoms with E-state index in [1.165, 1.54) is 12.0 Å². The summed E-state index contributed by atoms with van der Waals surface area (Å²) >= 11 is 0. The van der Waals surface area contributed by atoms with Crippen LogP contribution < -0.4 is 10.1 Å². The topological polar surface area (TPSA) is 21.3 Å². The lowest BCUT2D eigenvalue weighted by Gasteiger charge is -2.12. The largest absolute Gasteiger partial charge is 0.488 e. The fourth-order valence-electron chi connectivity index (χ4n) is 1.95. The number of nitrogens with one attached hydrogen (secondary N) is 1. The molecule has 0 radical (unpaired) electrons. The molecule has 1 aromatic carbocycles. The van der Waals surface area contributed by atoms with E-state index in [1.807, 2.05) is 0 Å². The fourth-order valence-corrected chi connectivity index (χ4v) is 1.95. The van der Waals surface area contributed by atoms with E-state index in [0.717, 1.165) is 30.8 Å². The molecule has 82 valence electrons. The smallest absolute Gasteiger partial charge is 0.142 e. The summed E-state index contributed by atoms with van der Waals surface area (Å²) in [7, 11) is 0. The van der Waals surface area contributed by atoms with Crippen molar-refractivity contribution in [2.75, 3.05) is 11.9 Å². The van der Waals surface area contributed by atoms with Gasteiger partial charge in [-0.25, -0.2) is 0 Å². The van der Waals surface area contributed by atoms with Crippen molar-refractivity contribution in [1.29, 1.82) is 0 Å². The van der Waals surface area contributed by atoms with Crippen LogP contribution in [0.1, 0.15) is 32.3 Å². The van der Waals surface area contributed by atoms with Gasteiger partial charge < -0.3 is 10.1 Å². The Balaban J connectivity index is 2.23. The van der Waals surface area contributed by atoms with Crippen molar-refractivity contribution >= 4 is 5.69 Å². The van der Waals surface area contributed by atoms with Crippen molar-refractivity contribution < 1.29 is 4.74 Å². The Morgan fingerprint density at radius 2 is 2.33 bits per heavy atom. The van der Waals surface area contributed by atoms with Gasteiger partial charge in [0, 0.05) is 13.0 Å². The zero-order valence-corrected chi connectivity index (χ0v) is 9.55. The highest BCUT2D eigenvalue weighted by atomic mass is 16.5. The summed E-state index contributed by atoms with van der Waals surface area (Å²) in [5, 5.41) is 3.43. The van der Waals surface area contributed by atoms with E-state index in [-0.39, 0.29) is 0 Å². The molecule has 1 unspecified atom stereocenters. The lowest BCUT2D eigenvalue weighted by molar-refractivity contribution is 0.222. The summed E-state index contributed by atoms with van der Waals surface area (Å²) in [4.78, 5) is 0. The number of ether oxygens (including phenoxy) is 1. The Labute approximate surface area is 91.6 Å². The van der Waals surface area contributed by atoms with Crippen LogP contribution in [0.15, 0.2) is 18.2 Å². The Hall–Kier alpha value is -1.18. The molecule has 2 heteroatoms. The number of hydrogen-bond donors (Lipinski definition) is 1. The molecule has 1 aliphatic heterocycles. The van der Waals surface area contributed by atoms with Gasteiger partial charge in [0.25, 0.3) is 0 Å². The second kappa shape index (κ2) is 4.56. The first kappa shape index (κ1) is 10.3. The summed E-state index contributed by atoms with van der Waals surface area (Å²) in [6.45, 7) is 5.33. The minimum Gasteiger partial charge on any atom is -0.488 e. The summed E-state index contributed by atoms with van der Waals surface area (Å²) < 4.78 is 5.83. The zero-order chi connectivity index (χ0) is 10.7. The van der Waals surface area contributed by atoms with Gasteiger partial charge >= 0.3 is 0 Å². The molecule has 0 fully saturated rings. The highest BCUT2D eigenvalue weighted by Gasteiger charge is 2.13. The molecule has 0 saturated carbocycles. The van der Waals surface area contributed by atoms with Crippen molar-refractivity contribution in [3.05, 3.63) is 23.8 Å². The summed E-state index contributed by atoms with van der Waals surface area (Å²) in [5.74, 6) is 1.000. The third kappa shape index (κ3) is 2.44. The van der Waals surface area contributed by atoms with Gasteiger partial charge in [0.2, 0.25) is 0 Å². The van der Waals surface area contributed by atoms with Crippen molar-refractivity contribution in [2.24, 2.45) is 0 Å². The van der Waals surface area contributed by atoms with Crippen LogP contribution in [0.3, 0.4) is 0 Å². The predicted molar refractivity (Wildman–Crippen MR) is 63.6 cm³/mol. The van der Waals surface area contributed by atoms with Crippen molar-refractivity contribution in [3.8, 4) is 5.75 Å². The van der Waals surface area contributed by atoms with Crippen LogP contribution in [0.25, 0.3) is 0 Å². The molecule has 1 heterocycles. The SMILES string of the molecule is CCCc1ccc2c(c1)NCCC(C)O2. The molecule has 15 heavy (non-hydrogen) atoms. The average Bonchev–Trinajstić information content (AvgIpc) is 2.39. The van der Waals surface area contributed by atoms with Crippen LogP contribution in [0.5, 0.6) is 5.75 Å². The maximum atomic E-state index is 5.83. The predicted octanol–water partition coefficient (Wildman–Crippen LogP) is 3.22. The van der Waals surface area contributed by atoms with E-state index in [2.05, 4.69) is 37.4 Å². The van der Waals surface area contributed by atoms with Crippen LogP contribution in [-0.2, 0) is 6.42 Å². The van der Waals surface area contributed by atoms with Gasteiger partial charge in [0.15, 0.2) is 0 Å². The average molecular weight is 205 g/mol. The van der Waals surface area contributed by atoms with Crippen molar-refractivity contribution in [2.45, 2.75) is 39.2 Å². The van der Waals surface area contributed by atoms with E-state index in [9.17, 15) is 0 Å². The Morgan fingerprint density at radius 3 is 3.13 bits per heavy atom. The monoisotopic (exact) mass is 205 g/mol. The highest BCUT2D eigenvalue weighted by Crippen LogP contribution is 2.29. The number of benzene rings is 1. The third-order valence-corrected chi connectivity index (χ3v) is 2.78. The fraction of sp³-hybridized carbons (Fsp3) is 0.538. The first-order chi connectivity index (χ1) is 7.29. The van der Waals surface area contributed by atoms with E-state index in [4.69, 9.17) is 4.74 Å². The standard InChI is InChI=1S/C13H19NO/c1-3-4-11-5-6-13-12(9-11)14-8-7-10(2)15-13/h5-6,9-10,14H,3-4,7-8H2,1-2H3. The van der Waals surface area contributed by atoms with E-state index >= 15 is 0 Å². The van der Waals surface area contributed by atoms with Crippen molar-refractivity contribution in [3.63, 3.8) is 0 Å². The molecule has 1 atom stereocenters. The molecule has 0 aromatic heterocycles. The van der Waals surface area contributed by atoms with Gasteiger partial charge in [0.1, 0.15) is 5.75 Å². The molecule has 1 aliphatic rings. The Kier molecular flexibility index (Phi) is 3.14. The Morgan fingerprint density at radius 1 is 1.47 bits per heavy atom. The molecular formula is C13H19NO. The number of aryl methyl sites for hydroxylation is 1. The van der Waals surface area contributed by atoms with Crippen LogP contribution in [0.4, 0.5) is 5.69 Å². The molecule has 0 spiro atoms. The minimum atomic E-state index is 0.316. The number of fused-ring (bicyclic) bond motifs is 1. The van der Waals surface area contributed by atoms with E-state index < -0.39 is 0 Å². The molecule has 2 nitrogen and oxygen atoms in total. The lowest BCUT2D eigenvalue weighted by Crippen LogP contribution is -2.11. The normalized spacial score (nSPS) is 19.7. The second-order valence-electron chi connectivity index (χ2n) is 4.22. The summed E-state index contributed by atoms with van der Waals surface area (Å²) in [6, 6.07) is 6.48. The van der Waals surface area contributed by atoms with Crippen LogP contribution in [0.2, 0.25) is 0 Å². The van der Waals surface area contributed by atoms with Crippen LogP contribution >= 0.6 is 0 Å². The summed E-state index contributed by atoms with van der Waals surface area (Å²) in [5.41, 5.74) is 2.55. The minimum absolute atomic E-state index is 0.316. The van der Waals surface area contributed by atoms with Crippen LogP contribution in [0, 0.1) is 0 Å². The van der Waals surface area contributed by atoms with Crippen LogP contribution in [-0.4, -0.2) is 12.6 Å². The number of anilines is 1. The maximum Gasteiger partial charge on any atom is 0.142 e. The van der Waals surface area contributed by atoms with Gasteiger partial charge in [-0.2, -0.15) is 0 Å². The quantitative estimate of drug-likeness (QED) is 0.800. The molecule has 2 rings (SSSR count). The molecular weight excluding hydrogens is 186 g/mol. The lowest BCUT2D eigenvalue weighted by atomic mass is 10.1. The molecule has 0 amide bonds. The highest BCUT2D eigenvalue weighted by molar-refractivity contribution is 5.58. The first-order valence-electron chi connectivity index (χ1n) is 5.83. The van der Waals surface area contributed by atoms with Gasteiger partial charge in [0.05, 0.1) is 11.8 Å². The summed E-state index contributed by atoms with van der Waals surface area (Å²) in [6.07, 6.45) is 3.72. The van der Waals surface area contributed by atoms with E-state index in [0.29, 0.717) is 6.10 Å². The number of rotatable bonds is 2. The van der Waals surface area contributed by atoms with Crippen molar-refractivity contribution in [1.82, 2.24) is 0 Å². The maximum absolute atomic E-state index is 5.83. The molecule has 0 aliphatic carbocycles. The third-order valence-electron chi connectivity index (χ3n) is 2.78. The van der Waals surface area contributed by atoms with Gasteiger partial charge in [-0.15, -0.1) is 0 Å². The van der Waals surface area contributed by atoms with E-state index in [1.54, 1.807) is 0 Å². The molecule has 0 bridgehead atoms. The zero-order valence-electron chi connectivity index (χ0n) is 9.55. The van der Waals surface area contributed by atoms with Gasteiger partial charge in [-0.1, -0.05) is 19.4 Å². The van der Waals surface area contributed by atoms with Gasteiger partial charge in [-0.3, -0.25) is 0 Å². The molecule has 0 saturated heterocycles. The molecule has 1 N–H and O–H groups in total. The van der Waals surface area contributed by atoms with Gasteiger partial charge in [-0.05, 0) is 31.0 Å².